The van der Waals surface area contributed by atoms with Gasteiger partial charge in [-0.1, -0.05) is 25.1 Å². The van der Waals surface area contributed by atoms with Gasteiger partial charge in [0.05, 0.1) is 6.20 Å². The molecule has 0 aliphatic heterocycles. The molecule has 1 aromatic carbocycles. The van der Waals surface area contributed by atoms with Crippen LogP contribution in [0.2, 0.25) is 0 Å². The van der Waals surface area contributed by atoms with E-state index >= 15 is 0 Å². The molecule has 0 spiro atoms. The highest BCUT2D eigenvalue weighted by Gasteiger charge is 2.07. The topological polar surface area (TPSA) is 61.0 Å². The highest BCUT2D eigenvalue weighted by Crippen LogP contribution is 2.25. The zero-order valence-electron chi connectivity index (χ0n) is 9.76. The molecule has 0 saturated heterocycles. The van der Waals surface area contributed by atoms with Gasteiger partial charge in [-0.05, 0) is 24.1 Å². The Labute approximate surface area is 100 Å². The third-order valence-electron chi connectivity index (χ3n) is 2.55. The van der Waals surface area contributed by atoms with Crippen LogP contribution in [0.15, 0.2) is 36.5 Å². The van der Waals surface area contributed by atoms with E-state index in [4.69, 9.17) is 10.5 Å². The summed E-state index contributed by atoms with van der Waals surface area (Å²) in [6.07, 6.45) is 2.52. The highest BCUT2D eigenvalue weighted by atomic mass is 16.5. The molecule has 17 heavy (non-hydrogen) atoms. The number of hydrogen-bond donors (Lipinski definition) is 1. The van der Waals surface area contributed by atoms with Crippen molar-refractivity contribution in [3.63, 3.8) is 0 Å². The lowest BCUT2D eigenvalue weighted by molar-refractivity contribution is 0.443. The molecule has 2 aromatic rings. The Hall–Kier alpha value is -1.94. The van der Waals surface area contributed by atoms with Crippen LogP contribution in [-0.2, 0) is 13.0 Å². The SMILES string of the molecule is CCc1ccccc1Oc1nnccc1CN. The predicted octanol–water partition coefficient (Wildman–Crippen LogP) is 2.29. The number of ether oxygens (including phenoxy) is 1. The van der Waals surface area contributed by atoms with Crippen molar-refractivity contribution in [2.45, 2.75) is 19.9 Å². The van der Waals surface area contributed by atoms with Gasteiger partial charge in [0.25, 0.3) is 0 Å². The lowest BCUT2D eigenvalue weighted by Crippen LogP contribution is -2.02. The van der Waals surface area contributed by atoms with Gasteiger partial charge < -0.3 is 10.5 Å². The third-order valence-corrected chi connectivity index (χ3v) is 2.55. The van der Waals surface area contributed by atoms with Crippen molar-refractivity contribution < 1.29 is 4.74 Å². The minimum absolute atomic E-state index is 0.388. The smallest absolute Gasteiger partial charge is 0.243 e. The molecule has 88 valence electrons. The molecular formula is C13H15N3O. The fourth-order valence-electron chi connectivity index (χ4n) is 1.59. The Morgan fingerprint density at radius 2 is 2.00 bits per heavy atom. The number of hydrogen-bond acceptors (Lipinski definition) is 4. The third kappa shape index (κ3) is 2.60. The zero-order valence-corrected chi connectivity index (χ0v) is 9.76. The minimum Gasteiger partial charge on any atom is -0.437 e. The largest absolute Gasteiger partial charge is 0.437 e. The first-order chi connectivity index (χ1) is 8.35. The lowest BCUT2D eigenvalue weighted by Gasteiger charge is -2.10. The molecule has 0 atom stereocenters. The van der Waals surface area contributed by atoms with Gasteiger partial charge in [-0.15, -0.1) is 5.10 Å². The van der Waals surface area contributed by atoms with E-state index in [1.807, 2.05) is 30.3 Å². The summed E-state index contributed by atoms with van der Waals surface area (Å²) in [4.78, 5) is 0. The van der Waals surface area contributed by atoms with Crippen LogP contribution >= 0.6 is 0 Å². The van der Waals surface area contributed by atoms with Gasteiger partial charge >= 0.3 is 0 Å². The lowest BCUT2D eigenvalue weighted by atomic mass is 10.1. The second-order valence-electron chi connectivity index (χ2n) is 3.63. The number of para-hydroxylation sites is 1. The van der Waals surface area contributed by atoms with Crippen molar-refractivity contribution in [3.05, 3.63) is 47.7 Å². The molecule has 0 aliphatic rings. The molecular weight excluding hydrogens is 214 g/mol. The average Bonchev–Trinajstić information content (AvgIpc) is 2.40. The summed E-state index contributed by atoms with van der Waals surface area (Å²) in [5.74, 6) is 1.29. The molecule has 0 bridgehead atoms. The van der Waals surface area contributed by atoms with Crippen LogP contribution in [-0.4, -0.2) is 10.2 Å². The van der Waals surface area contributed by atoms with Gasteiger partial charge in [-0.25, -0.2) is 0 Å². The fraction of sp³-hybridized carbons (Fsp3) is 0.231. The Balaban J connectivity index is 2.31. The van der Waals surface area contributed by atoms with Gasteiger partial charge in [0.15, 0.2) is 0 Å². The maximum absolute atomic E-state index is 5.77. The monoisotopic (exact) mass is 229 g/mol. The first-order valence-corrected chi connectivity index (χ1v) is 5.61. The van der Waals surface area contributed by atoms with Crippen LogP contribution in [0.3, 0.4) is 0 Å². The van der Waals surface area contributed by atoms with Crippen LogP contribution in [0.25, 0.3) is 0 Å². The summed E-state index contributed by atoms with van der Waals surface area (Å²) in [6.45, 7) is 2.47. The maximum Gasteiger partial charge on any atom is 0.243 e. The molecule has 0 saturated carbocycles. The van der Waals surface area contributed by atoms with Crippen molar-refractivity contribution in [1.82, 2.24) is 10.2 Å². The number of benzene rings is 1. The van der Waals surface area contributed by atoms with Crippen molar-refractivity contribution >= 4 is 0 Å². The molecule has 2 rings (SSSR count). The fourth-order valence-corrected chi connectivity index (χ4v) is 1.59. The molecule has 0 unspecified atom stereocenters. The van der Waals surface area contributed by atoms with E-state index in [-0.39, 0.29) is 0 Å². The molecule has 1 aromatic heterocycles. The molecule has 1 heterocycles. The van der Waals surface area contributed by atoms with E-state index in [0.29, 0.717) is 12.4 Å². The van der Waals surface area contributed by atoms with Crippen molar-refractivity contribution in [3.8, 4) is 11.6 Å². The summed E-state index contributed by atoms with van der Waals surface area (Å²) >= 11 is 0. The van der Waals surface area contributed by atoms with Crippen molar-refractivity contribution in [2.75, 3.05) is 0 Å². The summed E-state index contributed by atoms with van der Waals surface area (Å²) in [7, 11) is 0. The van der Waals surface area contributed by atoms with Gasteiger partial charge in [0.2, 0.25) is 5.88 Å². The zero-order chi connectivity index (χ0) is 12.1. The minimum atomic E-state index is 0.388. The van der Waals surface area contributed by atoms with Gasteiger partial charge in [-0.2, -0.15) is 5.10 Å². The number of aryl methyl sites for hydroxylation is 1. The van der Waals surface area contributed by atoms with Gasteiger partial charge in [0, 0.05) is 12.1 Å². The first kappa shape index (κ1) is 11.5. The Morgan fingerprint density at radius 3 is 2.76 bits per heavy atom. The number of aromatic nitrogens is 2. The van der Waals surface area contributed by atoms with Gasteiger partial charge in [-0.3, -0.25) is 0 Å². The van der Waals surface area contributed by atoms with E-state index < -0.39 is 0 Å². The molecule has 0 radical (unpaired) electrons. The molecule has 0 fully saturated rings. The van der Waals surface area contributed by atoms with Crippen molar-refractivity contribution in [2.24, 2.45) is 5.73 Å². The summed E-state index contributed by atoms with van der Waals surface area (Å²) in [5, 5.41) is 7.78. The van der Waals surface area contributed by atoms with Crippen molar-refractivity contribution in [1.29, 1.82) is 0 Å². The Morgan fingerprint density at radius 1 is 1.18 bits per heavy atom. The first-order valence-electron chi connectivity index (χ1n) is 5.61. The van der Waals surface area contributed by atoms with Gasteiger partial charge in [0.1, 0.15) is 5.75 Å². The molecule has 0 aliphatic carbocycles. The van der Waals surface area contributed by atoms with E-state index in [1.54, 1.807) is 6.20 Å². The van der Waals surface area contributed by atoms with E-state index in [2.05, 4.69) is 17.1 Å². The number of nitrogens with two attached hydrogens (primary N) is 1. The van der Waals surface area contributed by atoms with E-state index in [1.165, 1.54) is 0 Å². The molecule has 2 N–H and O–H groups in total. The van der Waals surface area contributed by atoms with Crippen LogP contribution in [0, 0.1) is 0 Å². The maximum atomic E-state index is 5.77. The van der Waals surface area contributed by atoms with Crippen LogP contribution < -0.4 is 10.5 Å². The number of nitrogens with zero attached hydrogens (tertiary/aromatic N) is 2. The number of rotatable bonds is 4. The summed E-state index contributed by atoms with van der Waals surface area (Å²) < 4.78 is 5.77. The second kappa shape index (κ2) is 5.41. The highest BCUT2D eigenvalue weighted by molar-refractivity contribution is 5.37. The van der Waals surface area contributed by atoms with E-state index in [0.717, 1.165) is 23.3 Å². The second-order valence-corrected chi connectivity index (χ2v) is 3.63. The van der Waals surface area contributed by atoms with E-state index in [9.17, 15) is 0 Å². The standard InChI is InChI=1S/C13H15N3O/c1-2-10-5-3-4-6-12(10)17-13-11(9-14)7-8-15-16-13/h3-8H,2,9,14H2,1H3. The summed E-state index contributed by atoms with van der Waals surface area (Å²) in [6, 6.07) is 9.71. The summed E-state index contributed by atoms with van der Waals surface area (Å²) in [5.41, 5.74) is 7.62. The normalized spacial score (nSPS) is 10.2. The Bertz CT molecular complexity index is 454. The molecule has 4 nitrogen and oxygen atoms in total. The van der Waals surface area contributed by atoms with Crippen LogP contribution in [0.1, 0.15) is 18.1 Å². The van der Waals surface area contributed by atoms with Crippen LogP contribution in [0.5, 0.6) is 11.6 Å². The molecule has 0 amide bonds. The van der Waals surface area contributed by atoms with Crippen LogP contribution in [0.4, 0.5) is 0 Å². The Kier molecular flexibility index (Phi) is 3.67. The quantitative estimate of drug-likeness (QED) is 0.873. The average molecular weight is 229 g/mol. The predicted molar refractivity (Wildman–Crippen MR) is 65.8 cm³/mol. The molecule has 4 heteroatoms.